The fourth-order valence-electron chi connectivity index (χ4n) is 4.45. The molecule has 0 aromatic heterocycles. The van der Waals surface area contributed by atoms with Gasteiger partial charge in [0.05, 0.1) is 0 Å². The summed E-state index contributed by atoms with van der Waals surface area (Å²) in [5, 5.41) is 5.29. The van der Waals surface area contributed by atoms with Crippen molar-refractivity contribution in [3.63, 3.8) is 0 Å². The van der Waals surface area contributed by atoms with Crippen LogP contribution in [-0.4, -0.2) is 0 Å². The van der Waals surface area contributed by atoms with Crippen molar-refractivity contribution >= 4 is 27.1 Å². The molecular weight excluding hydrogens is 324 g/mol. The number of rotatable bonds is 0. The van der Waals surface area contributed by atoms with Gasteiger partial charge in [-0.25, -0.2) is 0 Å². The van der Waals surface area contributed by atoms with Gasteiger partial charge in [-0.2, -0.15) is 0 Å². The molecule has 0 spiro atoms. The Morgan fingerprint density at radius 1 is 0.519 bits per heavy atom. The topological polar surface area (TPSA) is 0 Å². The van der Waals surface area contributed by atoms with Gasteiger partial charge in [0.1, 0.15) is 0 Å². The molecule has 0 heterocycles. The van der Waals surface area contributed by atoms with Crippen molar-refractivity contribution in [1.29, 1.82) is 0 Å². The summed E-state index contributed by atoms with van der Waals surface area (Å²) >= 11 is 0. The van der Waals surface area contributed by atoms with Crippen LogP contribution in [0.3, 0.4) is 0 Å². The van der Waals surface area contributed by atoms with Crippen molar-refractivity contribution in [3.8, 4) is 0 Å². The van der Waals surface area contributed by atoms with Crippen molar-refractivity contribution in [2.24, 2.45) is 0 Å². The van der Waals surface area contributed by atoms with E-state index in [2.05, 4.69) is 82.8 Å². The van der Waals surface area contributed by atoms with Gasteiger partial charge in [0, 0.05) is 0 Å². The maximum atomic E-state index is 4.49. The molecule has 0 radical (unpaired) electrons. The van der Waals surface area contributed by atoms with E-state index in [1.807, 2.05) is 0 Å². The average molecular weight is 348 g/mol. The highest BCUT2D eigenvalue weighted by Gasteiger charge is 2.20. The van der Waals surface area contributed by atoms with Crippen LogP contribution < -0.4 is 0 Å². The second-order valence-electron chi connectivity index (χ2n) is 8.24. The number of hydrogen-bond acceptors (Lipinski definition) is 0. The third-order valence-electron chi connectivity index (χ3n) is 6.38. The minimum Gasteiger partial charge on any atom is -0.0905 e. The zero-order chi connectivity index (χ0) is 18.9. The van der Waals surface area contributed by atoms with Gasteiger partial charge in [-0.1, -0.05) is 43.0 Å². The maximum absolute atomic E-state index is 4.49. The van der Waals surface area contributed by atoms with E-state index in [0.29, 0.717) is 0 Å². The molecule has 0 unspecified atom stereocenters. The van der Waals surface area contributed by atoms with Crippen LogP contribution in [0.5, 0.6) is 0 Å². The van der Waals surface area contributed by atoms with Gasteiger partial charge in [0.15, 0.2) is 0 Å². The van der Waals surface area contributed by atoms with Crippen molar-refractivity contribution in [3.05, 3.63) is 99.6 Å². The maximum Gasteiger partial charge on any atom is -0.00130 e. The third kappa shape index (κ3) is 2.44. The fourth-order valence-corrected chi connectivity index (χ4v) is 4.45. The van der Waals surface area contributed by atoms with Gasteiger partial charge in [-0.3, -0.25) is 0 Å². The molecule has 1 aliphatic carbocycles. The zero-order valence-electron chi connectivity index (χ0n) is 16.5. The summed E-state index contributed by atoms with van der Waals surface area (Å²) in [4.78, 5) is 0. The van der Waals surface area contributed by atoms with E-state index in [0.717, 1.165) is 12.0 Å². The lowest BCUT2D eigenvalue weighted by atomic mass is 9.80. The summed E-state index contributed by atoms with van der Waals surface area (Å²) in [6.07, 6.45) is 0.982. The second-order valence-corrected chi connectivity index (χ2v) is 8.24. The van der Waals surface area contributed by atoms with Crippen molar-refractivity contribution in [2.75, 3.05) is 0 Å². The quantitative estimate of drug-likeness (QED) is 0.278. The Hall–Kier alpha value is -2.86. The lowest BCUT2D eigenvalue weighted by molar-refractivity contribution is 1.15. The van der Waals surface area contributed by atoms with Crippen molar-refractivity contribution < 1.29 is 0 Å². The van der Waals surface area contributed by atoms with E-state index >= 15 is 0 Å². The van der Waals surface area contributed by atoms with Crippen molar-refractivity contribution in [2.45, 2.75) is 34.1 Å². The summed E-state index contributed by atoms with van der Waals surface area (Å²) in [6.45, 7) is 13.3. The normalized spacial score (nSPS) is 13.1. The molecular formula is C27H24. The highest BCUT2D eigenvalue weighted by molar-refractivity contribution is 5.97. The first-order chi connectivity index (χ1) is 12.9. The van der Waals surface area contributed by atoms with E-state index in [9.17, 15) is 0 Å². The van der Waals surface area contributed by atoms with Gasteiger partial charge >= 0.3 is 0 Å². The van der Waals surface area contributed by atoms with Crippen LogP contribution in [0.25, 0.3) is 27.1 Å². The summed E-state index contributed by atoms with van der Waals surface area (Å²) < 4.78 is 0. The Kier molecular flexibility index (Phi) is 3.37. The zero-order valence-corrected chi connectivity index (χ0v) is 16.5. The summed E-state index contributed by atoms with van der Waals surface area (Å²) in [7, 11) is 0. The molecule has 4 aromatic rings. The van der Waals surface area contributed by atoms with Crippen LogP contribution >= 0.6 is 0 Å². The Labute approximate surface area is 161 Å². The van der Waals surface area contributed by atoms with E-state index in [1.54, 1.807) is 0 Å². The minimum atomic E-state index is 0.982. The molecule has 0 heteroatoms. The molecule has 0 bridgehead atoms. The molecule has 0 saturated carbocycles. The largest absolute Gasteiger partial charge is 0.0905 e. The highest BCUT2D eigenvalue weighted by Crippen LogP contribution is 2.39. The van der Waals surface area contributed by atoms with Gasteiger partial charge in [-0.15, -0.1) is 0 Å². The lowest BCUT2D eigenvalue weighted by Crippen LogP contribution is -2.06. The van der Waals surface area contributed by atoms with E-state index < -0.39 is 0 Å². The van der Waals surface area contributed by atoms with Crippen LogP contribution in [0.15, 0.2) is 55.1 Å². The van der Waals surface area contributed by atoms with E-state index in [-0.39, 0.29) is 0 Å². The van der Waals surface area contributed by atoms with Crippen LogP contribution in [-0.2, 0) is 6.42 Å². The van der Waals surface area contributed by atoms with E-state index in [1.165, 1.54) is 66.1 Å². The summed E-state index contributed by atoms with van der Waals surface area (Å²) in [5.74, 6) is 0. The average Bonchev–Trinajstić information content (AvgIpc) is 2.62. The van der Waals surface area contributed by atoms with Gasteiger partial charge in [0.25, 0.3) is 0 Å². The predicted molar refractivity (Wildman–Crippen MR) is 118 cm³/mol. The molecule has 0 nitrogen and oxygen atoms in total. The smallest absolute Gasteiger partial charge is 0.00130 e. The molecule has 0 N–H and O–H groups in total. The fraction of sp³-hybridized carbons (Fsp3) is 0.185. The summed E-state index contributed by atoms with van der Waals surface area (Å²) in [6, 6.07) is 18.7. The molecule has 0 saturated heterocycles. The van der Waals surface area contributed by atoms with Crippen LogP contribution in [0.1, 0.15) is 44.5 Å². The second kappa shape index (κ2) is 5.57. The van der Waals surface area contributed by atoms with Crippen molar-refractivity contribution in [1.82, 2.24) is 0 Å². The molecule has 0 atom stereocenters. The Bertz CT molecular complexity index is 1190. The molecule has 0 fully saturated rings. The van der Waals surface area contributed by atoms with E-state index in [4.69, 9.17) is 0 Å². The first-order valence-electron chi connectivity index (χ1n) is 9.68. The Morgan fingerprint density at radius 2 is 0.852 bits per heavy atom. The summed E-state index contributed by atoms with van der Waals surface area (Å²) in [5.41, 5.74) is 12.0. The molecule has 5 rings (SSSR count). The van der Waals surface area contributed by atoms with Gasteiger partial charge < -0.3 is 0 Å². The van der Waals surface area contributed by atoms with Crippen LogP contribution in [0.4, 0.5) is 0 Å². The van der Waals surface area contributed by atoms with Gasteiger partial charge in [-0.05, 0) is 118 Å². The van der Waals surface area contributed by atoms with Crippen LogP contribution in [0, 0.1) is 27.7 Å². The molecule has 27 heavy (non-hydrogen) atoms. The Morgan fingerprint density at radius 3 is 1.22 bits per heavy atom. The molecule has 4 aromatic carbocycles. The first kappa shape index (κ1) is 16.3. The lowest BCUT2D eigenvalue weighted by Gasteiger charge is -2.24. The third-order valence-corrected chi connectivity index (χ3v) is 6.38. The SMILES string of the molecule is C=C1c2cc3cc(C)c(C)cc3cc2Cc2cc3cc(C)c(C)cc3cc21. The molecule has 1 aliphatic rings. The molecule has 0 amide bonds. The highest BCUT2D eigenvalue weighted by atomic mass is 14.2. The molecule has 0 aliphatic heterocycles. The number of benzene rings is 4. The number of aryl methyl sites for hydroxylation is 4. The monoisotopic (exact) mass is 348 g/mol. The predicted octanol–water partition coefficient (Wildman–Crippen LogP) is 7.19. The standard InChI is InChI=1S/C27H24/c1-15-6-20-10-24-12-25-11-21-7-16(2)18(4)9-23(21)14-27(25)19(5)26(24)13-22(20)8-17(15)3/h6-11,13-14H,5,12H2,1-4H3. The number of hydrogen-bond donors (Lipinski definition) is 0. The minimum absolute atomic E-state index is 0.982. The van der Waals surface area contributed by atoms with Gasteiger partial charge in [0.2, 0.25) is 0 Å². The van der Waals surface area contributed by atoms with Crippen LogP contribution in [0.2, 0.25) is 0 Å². The number of fused-ring (bicyclic) bond motifs is 4. The molecule has 132 valence electrons. The Balaban J connectivity index is 1.74. The first-order valence-corrected chi connectivity index (χ1v) is 9.68.